The Morgan fingerprint density at radius 2 is 1.70 bits per heavy atom. The molecule has 1 aliphatic heterocycles. The summed E-state index contributed by atoms with van der Waals surface area (Å²) in [5.74, 6) is 0.0638. The Hall–Kier alpha value is -3.03. The zero-order valence-electron chi connectivity index (χ0n) is 16.6. The van der Waals surface area contributed by atoms with E-state index in [0.29, 0.717) is 12.1 Å². The molecule has 6 nitrogen and oxygen atoms in total. The lowest BCUT2D eigenvalue weighted by molar-refractivity contribution is 0.0628. The van der Waals surface area contributed by atoms with Crippen LogP contribution in [0.5, 0.6) is 0 Å². The van der Waals surface area contributed by atoms with Crippen molar-refractivity contribution in [1.29, 1.82) is 0 Å². The van der Waals surface area contributed by atoms with Crippen molar-refractivity contribution in [3.63, 3.8) is 0 Å². The molecule has 0 bridgehead atoms. The molecule has 0 saturated carbocycles. The van der Waals surface area contributed by atoms with Crippen LogP contribution >= 0.6 is 11.3 Å². The smallest absolute Gasteiger partial charge is 0.257 e. The van der Waals surface area contributed by atoms with Crippen molar-refractivity contribution in [1.82, 2.24) is 24.6 Å². The Labute approximate surface area is 179 Å². The van der Waals surface area contributed by atoms with Crippen LogP contribution < -0.4 is 0 Å². The number of rotatable bonds is 5. The first kappa shape index (κ1) is 19.0. The number of fused-ring (bicyclic) bond motifs is 1. The fourth-order valence-corrected chi connectivity index (χ4v) is 4.81. The molecule has 0 spiro atoms. The average Bonchev–Trinajstić information content (AvgIpc) is 3.41. The van der Waals surface area contributed by atoms with E-state index in [1.54, 1.807) is 17.5 Å². The van der Waals surface area contributed by atoms with Crippen LogP contribution in [0.1, 0.15) is 20.9 Å². The van der Waals surface area contributed by atoms with Gasteiger partial charge in [-0.25, -0.2) is 4.98 Å². The molecule has 0 N–H and O–H groups in total. The minimum Gasteiger partial charge on any atom is -0.336 e. The largest absolute Gasteiger partial charge is 0.336 e. The molecule has 7 heteroatoms. The highest BCUT2D eigenvalue weighted by molar-refractivity contribution is 7.18. The Bertz CT molecular complexity index is 1110. The zero-order valence-corrected chi connectivity index (χ0v) is 17.5. The monoisotopic (exact) mass is 417 g/mol. The van der Waals surface area contributed by atoms with E-state index in [9.17, 15) is 4.79 Å². The van der Waals surface area contributed by atoms with E-state index in [4.69, 9.17) is 4.98 Å². The highest BCUT2D eigenvalue weighted by Crippen LogP contribution is 2.23. The lowest BCUT2D eigenvalue weighted by Gasteiger charge is -2.34. The van der Waals surface area contributed by atoms with Crippen molar-refractivity contribution in [2.24, 2.45) is 0 Å². The normalized spacial score (nSPS) is 15.0. The number of benzene rings is 2. The molecule has 152 valence electrons. The van der Waals surface area contributed by atoms with E-state index in [2.05, 4.69) is 40.3 Å². The first-order valence-electron chi connectivity index (χ1n) is 10.2. The van der Waals surface area contributed by atoms with E-state index in [1.165, 1.54) is 10.3 Å². The predicted octanol–water partition coefficient (Wildman–Crippen LogP) is 3.50. The molecule has 3 heterocycles. The molecule has 0 aliphatic carbocycles. The average molecular weight is 418 g/mol. The van der Waals surface area contributed by atoms with Crippen LogP contribution in [0.25, 0.3) is 10.2 Å². The Balaban J connectivity index is 1.17. The van der Waals surface area contributed by atoms with Crippen LogP contribution in [0.2, 0.25) is 0 Å². The molecule has 1 fully saturated rings. The van der Waals surface area contributed by atoms with Gasteiger partial charge in [0.05, 0.1) is 35.1 Å². The predicted molar refractivity (Wildman–Crippen MR) is 119 cm³/mol. The number of carbonyl (C=O) groups is 1. The maximum atomic E-state index is 12.9. The molecule has 2 aromatic heterocycles. The highest BCUT2D eigenvalue weighted by atomic mass is 32.1. The number of carbonyl (C=O) groups excluding carboxylic acids is 1. The molecule has 0 atom stereocenters. The summed E-state index contributed by atoms with van der Waals surface area (Å²) in [6, 6.07) is 18.4. The number of thiazole rings is 1. The Kier molecular flexibility index (Phi) is 5.29. The summed E-state index contributed by atoms with van der Waals surface area (Å²) in [6.45, 7) is 4.70. The number of hydrogen-bond acceptors (Lipinski definition) is 5. The number of nitrogens with zero attached hydrogens (tertiary/aromatic N) is 5. The molecule has 1 amide bonds. The summed E-state index contributed by atoms with van der Waals surface area (Å²) in [5.41, 5.74) is 2.90. The SMILES string of the molecule is O=C(c1cnn(Cc2ccccc2)c1)N1CCN(Cc2nc3ccccc3s2)CC1. The van der Waals surface area contributed by atoms with Crippen LogP contribution in [0.4, 0.5) is 0 Å². The van der Waals surface area contributed by atoms with E-state index in [0.717, 1.165) is 43.2 Å². The van der Waals surface area contributed by atoms with Crippen molar-refractivity contribution in [3.05, 3.63) is 83.1 Å². The molecule has 2 aromatic carbocycles. The van der Waals surface area contributed by atoms with Gasteiger partial charge in [0.2, 0.25) is 0 Å². The van der Waals surface area contributed by atoms with Gasteiger partial charge in [0.15, 0.2) is 0 Å². The van der Waals surface area contributed by atoms with Gasteiger partial charge in [0, 0.05) is 32.4 Å². The third-order valence-electron chi connectivity index (χ3n) is 5.42. The van der Waals surface area contributed by atoms with Crippen LogP contribution in [0.15, 0.2) is 67.0 Å². The first-order valence-corrected chi connectivity index (χ1v) is 11.0. The van der Waals surface area contributed by atoms with E-state index < -0.39 is 0 Å². The van der Waals surface area contributed by atoms with Crippen molar-refractivity contribution in [2.45, 2.75) is 13.1 Å². The number of aromatic nitrogens is 3. The van der Waals surface area contributed by atoms with E-state index in [-0.39, 0.29) is 5.91 Å². The topological polar surface area (TPSA) is 54.3 Å². The van der Waals surface area contributed by atoms with Crippen molar-refractivity contribution >= 4 is 27.5 Å². The van der Waals surface area contributed by atoms with Crippen molar-refractivity contribution in [3.8, 4) is 0 Å². The molecule has 1 saturated heterocycles. The maximum absolute atomic E-state index is 12.9. The lowest BCUT2D eigenvalue weighted by atomic mass is 10.2. The van der Waals surface area contributed by atoms with Gasteiger partial charge in [0.25, 0.3) is 5.91 Å². The molecule has 5 rings (SSSR count). The molecule has 0 radical (unpaired) electrons. The van der Waals surface area contributed by atoms with Crippen LogP contribution in [0, 0.1) is 0 Å². The first-order chi connectivity index (χ1) is 14.7. The highest BCUT2D eigenvalue weighted by Gasteiger charge is 2.23. The standard InChI is InChI=1S/C23H23N5OS/c29-23(19-14-24-28(16-19)15-18-6-2-1-3-7-18)27-12-10-26(11-13-27)17-22-25-20-8-4-5-9-21(20)30-22/h1-9,14,16H,10-13,15,17H2. The summed E-state index contributed by atoms with van der Waals surface area (Å²) in [6.07, 6.45) is 3.53. The minimum absolute atomic E-state index is 0.0638. The Morgan fingerprint density at radius 3 is 2.50 bits per heavy atom. The maximum Gasteiger partial charge on any atom is 0.257 e. The fourth-order valence-electron chi connectivity index (χ4n) is 3.80. The van der Waals surface area contributed by atoms with Gasteiger partial charge in [-0.15, -0.1) is 11.3 Å². The quantitative estimate of drug-likeness (QED) is 0.499. The fraction of sp³-hybridized carbons (Fsp3) is 0.261. The molecule has 1 aliphatic rings. The van der Waals surface area contributed by atoms with Gasteiger partial charge in [-0.05, 0) is 17.7 Å². The second-order valence-corrected chi connectivity index (χ2v) is 8.67. The summed E-state index contributed by atoms with van der Waals surface area (Å²) < 4.78 is 3.06. The third kappa shape index (κ3) is 4.13. The van der Waals surface area contributed by atoms with Crippen LogP contribution in [-0.2, 0) is 13.1 Å². The molecule has 0 unspecified atom stereocenters. The van der Waals surface area contributed by atoms with Gasteiger partial charge < -0.3 is 4.90 Å². The number of para-hydroxylation sites is 1. The van der Waals surface area contributed by atoms with Gasteiger partial charge in [0.1, 0.15) is 5.01 Å². The second-order valence-electron chi connectivity index (χ2n) is 7.56. The van der Waals surface area contributed by atoms with Crippen molar-refractivity contribution in [2.75, 3.05) is 26.2 Å². The van der Waals surface area contributed by atoms with Gasteiger partial charge in [-0.1, -0.05) is 42.5 Å². The van der Waals surface area contributed by atoms with Gasteiger partial charge in [-0.2, -0.15) is 5.10 Å². The number of hydrogen-bond donors (Lipinski definition) is 0. The van der Waals surface area contributed by atoms with E-state index >= 15 is 0 Å². The third-order valence-corrected chi connectivity index (χ3v) is 6.45. The summed E-state index contributed by atoms with van der Waals surface area (Å²) in [4.78, 5) is 21.9. The molecule has 4 aromatic rings. The summed E-state index contributed by atoms with van der Waals surface area (Å²) >= 11 is 1.75. The summed E-state index contributed by atoms with van der Waals surface area (Å²) in [7, 11) is 0. The number of amides is 1. The van der Waals surface area contributed by atoms with Gasteiger partial charge in [-0.3, -0.25) is 14.4 Å². The lowest BCUT2D eigenvalue weighted by Crippen LogP contribution is -2.48. The van der Waals surface area contributed by atoms with Crippen LogP contribution in [0.3, 0.4) is 0 Å². The van der Waals surface area contributed by atoms with E-state index in [1.807, 2.05) is 40.0 Å². The van der Waals surface area contributed by atoms with Gasteiger partial charge >= 0.3 is 0 Å². The molecule has 30 heavy (non-hydrogen) atoms. The van der Waals surface area contributed by atoms with Crippen LogP contribution in [-0.4, -0.2) is 56.7 Å². The Morgan fingerprint density at radius 1 is 0.933 bits per heavy atom. The molecular weight excluding hydrogens is 394 g/mol. The minimum atomic E-state index is 0.0638. The molecular formula is C23H23N5OS. The summed E-state index contributed by atoms with van der Waals surface area (Å²) in [5, 5.41) is 5.51. The zero-order chi connectivity index (χ0) is 20.3. The number of piperazine rings is 1. The second kappa shape index (κ2) is 8.38. The van der Waals surface area contributed by atoms with Crippen molar-refractivity contribution < 1.29 is 4.79 Å².